The van der Waals surface area contributed by atoms with E-state index >= 15 is 0 Å². The average Bonchev–Trinajstić information content (AvgIpc) is 2.06. The minimum Gasteiger partial charge on any atom is -0.396 e. The van der Waals surface area contributed by atoms with Crippen LogP contribution in [0.5, 0.6) is 0 Å². The Kier molecular flexibility index (Phi) is 2.65. The molecule has 0 atom stereocenters. The zero-order valence-electron chi connectivity index (χ0n) is 6.24. The van der Waals surface area contributed by atoms with E-state index in [9.17, 15) is 8.78 Å². The Hall–Kier alpha value is -1.10. The Morgan fingerprint density at radius 1 is 1.50 bits per heavy atom. The van der Waals surface area contributed by atoms with Crippen molar-refractivity contribution in [2.45, 2.75) is 12.3 Å². The fraction of sp³-hybridized carbons (Fsp3) is 0.429. The normalized spacial score (nSPS) is 11.6. The number of alkyl halides is 2. The Bertz CT molecular complexity index is 240. The molecule has 5 heteroatoms. The van der Waals surface area contributed by atoms with Crippen LogP contribution in [0.25, 0.3) is 0 Å². The summed E-state index contributed by atoms with van der Waals surface area (Å²) in [4.78, 5) is 6.91. The molecule has 0 radical (unpaired) electrons. The summed E-state index contributed by atoms with van der Waals surface area (Å²) in [6.45, 7) is -0.559. The molecular weight excluding hydrogens is 166 g/mol. The van der Waals surface area contributed by atoms with Gasteiger partial charge < -0.3 is 5.11 Å². The SMILES string of the molecule is OCCC(F)(F)c1ccncn1. The fourth-order valence-electron chi connectivity index (χ4n) is 0.776. The van der Waals surface area contributed by atoms with Gasteiger partial charge in [-0.1, -0.05) is 0 Å². The van der Waals surface area contributed by atoms with E-state index in [0.717, 1.165) is 12.4 Å². The maximum absolute atomic E-state index is 12.9. The van der Waals surface area contributed by atoms with Gasteiger partial charge >= 0.3 is 0 Å². The Labute approximate surface area is 68.1 Å². The molecule has 1 heterocycles. The van der Waals surface area contributed by atoms with Gasteiger partial charge in [-0.05, 0) is 6.07 Å². The fourth-order valence-corrected chi connectivity index (χ4v) is 0.776. The summed E-state index contributed by atoms with van der Waals surface area (Å²) in [5.41, 5.74) is -0.355. The van der Waals surface area contributed by atoms with Gasteiger partial charge in [-0.3, -0.25) is 0 Å². The molecule has 0 aliphatic heterocycles. The van der Waals surface area contributed by atoms with Crippen molar-refractivity contribution in [2.24, 2.45) is 0 Å². The third-order valence-electron chi connectivity index (χ3n) is 1.38. The summed E-state index contributed by atoms with van der Waals surface area (Å²) in [7, 11) is 0. The molecule has 0 saturated heterocycles. The average molecular weight is 174 g/mol. The van der Waals surface area contributed by atoms with Gasteiger partial charge in [0.25, 0.3) is 5.92 Å². The van der Waals surface area contributed by atoms with Gasteiger partial charge in [-0.25, -0.2) is 9.97 Å². The monoisotopic (exact) mass is 174 g/mol. The largest absolute Gasteiger partial charge is 0.396 e. The molecule has 0 aliphatic carbocycles. The molecule has 1 aromatic rings. The van der Waals surface area contributed by atoms with Crippen molar-refractivity contribution in [3.8, 4) is 0 Å². The number of aromatic nitrogens is 2. The van der Waals surface area contributed by atoms with Crippen LogP contribution in [0.2, 0.25) is 0 Å². The predicted molar refractivity (Wildman–Crippen MR) is 37.6 cm³/mol. The molecule has 0 unspecified atom stereocenters. The van der Waals surface area contributed by atoms with Crippen LogP contribution in [-0.4, -0.2) is 21.7 Å². The van der Waals surface area contributed by atoms with Crippen molar-refractivity contribution in [3.05, 3.63) is 24.3 Å². The van der Waals surface area contributed by atoms with Crippen molar-refractivity contribution in [1.82, 2.24) is 9.97 Å². The zero-order valence-corrected chi connectivity index (χ0v) is 6.24. The van der Waals surface area contributed by atoms with Crippen LogP contribution in [0.3, 0.4) is 0 Å². The smallest absolute Gasteiger partial charge is 0.292 e. The number of hydrogen-bond donors (Lipinski definition) is 1. The summed E-state index contributed by atoms with van der Waals surface area (Å²) >= 11 is 0. The number of nitrogens with zero attached hydrogens (tertiary/aromatic N) is 2. The number of aliphatic hydroxyl groups excluding tert-OH is 1. The first kappa shape index (κ1) is 8.99. The van der Waals surface area contributed by atoms with E-state index in [1.807, 2.05) is 0 Å². The Morgan fingerprint density at radius 2 is 2.25 bits per heavy atom. The molecule has 0 spiro atoms. The summed E-state index contributed by atoms with van der Waals surface area (Å²) in [5, 5.41) is 8.34. The maximum Gasteiger partial charge on any atom is 0.292 e. The molecule has 0 amide bonds. The van der Waals surface area contributed by atoms with E-state index in [0.29, 0.717) is 0 Å². The lowest BCUT2D eigenvalue weighted by molar-refractivity contribution is -0.0311. The quantitative estimate of drug-likeness (QED) is 0.742. The molecule has 12 heavy (non-hydrogen) atoms. The third kappa shape index (κ3) is 1.94. The Balaban J connectivity index is 2.82. The van der Waals surface area contributed by atoms with Crippen molar-refractivity contribution in [2.75, 3.05) is 6.61 Å². The lowest BCUT2D eigenvalue weighted by Gasteiger charge is -2.12. The van der Waals surface area contributed by atoms with E-state index in [1.165, 1.54) is 6.20 Å². The zero-order chi connectivity index (χ0) is 9.03. The van der Waals surface area contributed by atoms with Gasteiger partial charge in [0.1, 0.15) is 12.0 Å². The van der Waals surface area contributed by atoms with Crippen molar-refractivity contribution < 1.29 is 13.9 Å². The lowest BCUT2D eigenvalue weighted by Crippen LogP contribution is -2.16. The molecular formula is C7H8F2N2O. The van der Waals surface area contributed by atoms with E-state index in [2.05, 4.69) is 9.97 Å². The van der Waals surface area contributed by atoms with Crippen LogP contribution in [0.1, 0.15) is 12.1 Å². The van der Waals surface area contributed by atoms with Crippen LogP contribution in [-0.2, 0) is 5.92 Å². The lowest BCUT2D eigenvalue weighted by atomic mass is 10.2. The van der Waals surface area contributed by atoms with Crippen LogP contribution in [0.4, 0.5) is 8.78 Å². The third-order valence-corrected chi connectivity index (χ3v) is 1.38. The first-order valence-electron chi connectivity index (χ1n) is 3.42. The highest BCUT2D eigenvalue weighted by Gasteiger charge is 2.31. The van der Waals surface area contributed by atoms with E-state index in [-0.39, 0.29) is 5.69 Å². The van der Waals surface area contributed by atoms with Gasteiger partial charge in [0.05, 0.1) is 0 Å². The second-order valence-electron chi connectivity index (χ2n) is 2.27. The number of rotatable bonds is 3. The minimum absolute atomic E-state index is 0.355. The highest BCUT2D eigenvalue weighted by atomic mass is 19.3. The topological polar surface area (TPSA) is 46.0 Å². The Morgan fingerprint density at radius 3 is 2.75 bits per heavy atom. The highest BCUT2D eigenvalue weighted by Crippen LogP contribution is 2.28. The summed E-state index contributed by atoms with van der Waals surface area (Å²) in [6.07, 6.45) is 1.69. The van der Waals surface area contributed by atoms with E-state index in [4.69, 9.17) is 5.11 Å². The first-order valence-corrected chi connectivity index (χ1v) is 3.42. The summed E-state index contributed by atoms with van der Waals surface area (Å²) in [5.74, 6) is -3.06. The molecule has 66 valence electrons. The molecule has 1 aromatic heterocycles. The minimum atomic E-state index is -3.06. The molecule has 0 aliphatic rings. The molecule has 0 saturated carbocycles. The number of aliphatic hydroxyl groups is 1. The van der Waals surface area contributed by atoms with Crippen LogP contribution in [0.15, 0.2) is 18.6 Å². The van der Waals surface area contributed by atoms with Gasteiger partial charge in [-0.15, -0.1) is 0 Å². The van der Waals surface area contributed by atoms with E-state index in [1.54, 1.807) is 0 Å². The summed E-state index contributed by atoms with van der Waals surface area (Å²) in [6, 6.07) is 1.13. The second-order valence-corrected chi connectivity index (χ2v) is 2.27. The number of hydrogen-bond acceptors (Lipinski definition) is 3. The summed E-state index contributed by atoms with van der Waals surface area (Å²) < 4.78 is 25.8. The van der Waals surface area contributed by atoms with Gasteiger partial charge in [-0.2, -0.15) is 8.78 Å². The molecule has 1 rings (SSSR count). The first-order chi connectivity index (χ1) is 5.67. The van der Waals surface area contributed by atoms with Crippen molar-refractivity contribution in [1.29, 1.82) is 0 Å². The van der Waals surface area contributed by atoms with Crippen molar-refractivity contribution in [3.63, 3.8) is 0 Å². The second kappa shape index (κ2) is 3.53. The van der Waals surface area contributed by atoms with Crippen molar-refractivity contribution >= 4 is 0 Å². The molecule has 0 aromatic carbocycles. The molecule has 3 nitrogen and oxygen atoms in total. The van der Waals surface area contributed by atoms with E-state index < -0.39 is 19.0 Å². The van der Waals surface area contributed by atoms with Gasteiger partial charge in [0.15, 0.2) is 0 Å². The predicted octanol–water partition coefficient (Wildman–Crippen LogP) is 0.951. The van der Waals surface area contributed by atoms with Gasteiger partial charge in [0, 0.05) is 19.2 Å². The van der Waals surface area contributed by atoms with Crippen LogP contribution in [0, 0.1) is 0 Å². The molecule has 0 bridgehead atoms. The molecule has 0 fully saturated rings. The molecule has 1 N–H and O–H groups in total. The number of halogens is 2. The highest BCUT2D eigenvalue weighted by molar-refractivity contribution is 5.05. The van der Waals surface area contributed by atoms with Crippen LogP contribution >= 0.6 is 0 Å². The standard InChI is InChI=1S/C7H8F2N2O/c8-7(9,2-4-12)6-1-3-10-5-11-6/h1,3,5,12H,2,4H2. The maximum atomic E-state index is 12.9. The van der Waals surface area contributed by atoms with Gasteiger partial charge in [0.2, 0.25) is 0 Å². The van der Waals surface area contributed by atoms with Crippen LogP contribution < -0.4 is 0 Å².